The summed E-state index contributed by atoms with van der Waals surface area (Å²) < 4.78 is 2.06. The summed E-state index contributed by atoms with van der Waals surface area (Å²) >= 11 is 4.36. The van der Waals surface area contributed by atoms with Gasteiger partial charge in [-0.2, -0.15) is 0 Å². The molecule has 2 fully saturated rings. The quantitative estimate of drug-likeness (QED) is 0.494. The van der Waals surface area contributed by atoms with Crippen molar-refractivity contribution in [1.82, 2.24) is 9.21 Å². The van der Waals surface area contributed by atoms with E-state index in [2.05, 4.69) is 22.0 Å². The molecule has 2 rings (SSSR count). The highest BCUT2D eigenvalue weighted by molar-refractivity contribution is 7.77. The van der Waals surface area contributed by atoms with Gasteiger partial charge in [-0.25, -0.2) is 0 Å². The van der Waals surface area contributed by atoms with E-state index in [1.807, 2.05) is 0 Å². The van der Waals surface area contributed by atoms with Crippen LogP contribution in [0.15, 0.2) is 0 Å². The van der Waals surface area contributed by atoms with Gasteiger partial charge >= 0.3 is 0 Å². The minimum atomic E-state index is 0.181. The number of thiol groups is 1. The topological polar surface area (TPSA) is 23.6 Å². The Kier molecular flexibility index (Phi) is 2.91. The second kappa shape index (κ2) is 3.98. The van der Waals surface area contributed by atoms with Crippen LogP contribution >= 0.6 is 12.8 Å². The maximum atomic E-state index is 10.8. The predicted octanol–water partition coefficient (Wildman–Crippen LogP) is 0.569. The maximum Gasteiger partial charge on any atom is 0.137 e. The van der Waals surface area contributed by atoms with Crippen LogP contribution in [0.3, 0.4) is 0 Å². The molecule has 0 spiro atoms. The summed E-state index contributed by atoms with van der Waals surface area (Å²) in [6.07, 6.45) is 4.57. The number of hydrogen-bond acceptors (Lipinski definition) is 4. The lowest BCUT2D eigenvalue weighted by Crippen LogP contribution is -2.56. The van der Waals surface area contributed by atoms with E-state index in [9.17, 15) is 4.79 Å². The van der Waals surface area contributed by atoms with E-state index in [0.717, 1.165) is 32.3 Å². The molecular weight excluding hydrogens is 184 g/mol. The number of nitrogens with zero attached hydrogens (tertiary/aromatic N) is 2. The van der Waals surface area contributed by atoms with Crippen molar-refractivity contribution in [3.8, 4) is 0 Å². The van der Waals surface area contributed by atoms with Crippen molar-refractivity contribution < 1.29 is 4.79 Å². The Hall–Kier alpha value is -0.0600. The number of fused-ring (bicyclic) bond motifs is 1. The van der Waals surface area contributed by atoms with E-state index in [-0.39, 0.29) is 6.04 Å². The molecule has 0 aromatic heterocycles. The molecule has 0 saturated carbocycles. The number of carbonyl (C=O) groups excluding carboxylic acids is 1. The molecule has 0 radical (unpaired) electrons. The summed E-state index contributed by atoms with van der Waals surface area (Å²) in [6.45, 7) is 2.98. The first-order chi connectivity index (χ1) is 6.31. The highest BCUT2D eigenvalue weighted by Crippen LogP contribution is 2.25. The van der Waals surface area contributed by atoms with Gasteiger partial charge in [0.15, 0.2) is 0 Å². The minimum Gasteiger partial charge on any atom is -0.302 e. The third-order valence-corrected chi connectivity index (χ3v) is 3.49. The molecule has 0 aromatic carbocycles. The lowest BCUT2D eigenvalue weighted by molar-refractivity contribution is -0.115. The Bertz CT molecular complexity index is 200. The van der Waals surface area contributed by atoms with Gasteiger partial charge in [-0.05, 0) is 19.3 Å². The fraction of sp³-hybridized carbons (Fsp3) is 0.889. The molecule has 0 aliphatic carbocycles. The zero-order valence-electron chi connectivity index (χ0n) is 7.72. The first-order valence-corrected chi connectivity index (χ1v) is 5.36. The van der Waals surface area contributed by atoms with E-state index in [4.69, 9.17) is 0 Å². The molecule has 3 nitrogen and oxygen atoms in total. The predicted molar refractivity (Wildman–Crippen MR) is 54.8 cm³/mol. The van der Waals surface area contributed by atoms with Crippen molar-refractivity contribution in [2.45, 2.75) is 31.3 Å². The van der Waals surface area contributed by atoms with Gasteiger partial charge in [-0.15, -0.1) is 0 Å². The lowest BCUT2D eigenvalue weighted by Gasteiger charge is -2.45. The maximum absolute atomic E-state index is 10.8. The van der Waals surface area contributed by atoms with Crippen molar-refractivity contribution in [2.75, 3.05) is 19.6 Å². The third kappa shape index (κ3) is 1.90. The highest BCUT2D eigenvalue weighted by Gasteiger charge is 2.33. The second-order valence-electron chi connectivity index (χ2n) is 3.94. The summed E-state index contributed by atoms with van der Waals surface area (Å²) in [5.41, 5.74) is 0. The van der Waals surface area contributed by atoms with Crippen LogP contribution in [0.1, 0.15) is 19.3 Å². The minimum absolute atomic E-state index is 0.181. The van der Waals surface area contributed by atoms with Gasteiger partial charge in [0, 0.05) is 25.7 Å². The zero-order chi connectivity index (χ0) is 9.26. The highest BCUT2D eigenvalue weighted by atomic mass is 32.1. The largest absolute Gasteiger partial charge is 0.302 e. The van der Waals surface area contributed by atoms with Gasteiger partial charge in [-0.1, -0.05) is 12.8 Å². The molecule has 0 aromatic rings. The van der Waals surface area contributed by atoms with Crippen LogP contribution in [0.5, 0.6) is 0 Å². The van der Waals surface area contributed by atoms with Crippen molar-refractivity contribution in [3.63, 3.8) is 0 Å². The summed E-state index contributed by atoms with van der Waals surface area (Å²) in [6, 6.07) is 0.746. The number of hydrogen-bond donors (Lipinski definition) is 1. The van der Waals surface area contributed by atoms with Crippen LogP contribution in [-0.2, 0) is 4.79 Å². The van der Waals surface area contributed by atoms with Crippen LogP contribution in [0.4, 0.5) is 0 Å². The molecule has 74 valence electrons. The second-order valence-corrected chi connectivity index (χ2v) is 4.50. The van der Waals surface area contributed by atoms with Gasteiger partial charge in [0.2, 0.25) is 0 Å². The molecule has 2 heterocycles. The van der Waals surface area contributed by atoms with Crippen molar-refractivity contribution in [1.29, 1.82) is 0 Å². The molecule has 2 aliphatic heterocycles. The first-order valence-electron chi connectivity index (χ1n) is 4.96. The van der Waals surface area contributed by atoms with Gasteiger partial charge in [0.25, 0.3) is 0 Å². The smallest absolute Gasteiger partial charge is 0.137 e. The van der Waals surface area contributed by atoms with Crippen LogP contribution < -0.4 is 0 Å². The molecule has 0 amide bonds. The number of aldehydes is 1. The van der Waals surface area contributed by atoms with E-state index in [1.54, 1.807) is 0 Å². The first kappa shape index (κ1) is 9.49. The molecule has 2 aliphatic rings. The zero-order valence-corrected chi connectivity index (χ0v) is 8.62. The van der Waals surface area contributed by atoms with Gasteiger partial charge in [-0.3, -0.25) is 9.21 Å². The summed E-state index contributed by atoms with van der Waals surface area (Å²) in [7, 11) is 0. The van der Waals surface area contributed by atoms with E-state index < -0.39 is 0 Å². The molecule has 13 heavy (non-hydrogen) atoms. The number of rotatable bonds is 1. The normalized spacial score (nSPS) is 37.0. The van der Waals surface area contributed by atoms with E-state index in [1.165, 1.54) is 12.8 Å². The molecular formula is C9H16N2OS. The van der Waals surface area contributed by atoms with Crippen LogP contribution in [0, 0.1) is 0 Å². The standard InChI is InChI=1S/C9H16N2OS/c12-7-9-3-1-2-8-6-10(13)4-5-11(8)9/h7-9,13H,1-6H2. The molecule has 4 heteroatoms. The molecule has 0 N–H and O–H groups in total. The molecule has 0 bridgehead atoms. The van der Waals surface area contributed by atoms with Crippen molar-refractivity contribution in [2.24, 2.45) is 0 Å². The Morgan fingerprint density at radius 1 is 1.31 bits per heavy atom. The molecule has 2 unspecified atom stereocenters. The molecule has 2 saturated heterocycles. The van der Waals surface area contributed by atoms with Crippen molar-refractivity contribution >= 4 is 19.1 Å². The Morgan fingerprint density at radius 3 is 2.92 bits per heavy atom. The van der Waals surface area contributed by atoms with Crippen LogP contribution in [-0.4, -0.2) is 47.2 Å². The summed E-state index contributed by atoms with van der Waals surface area (Å²) in [5.74, 6) is 0. The molecule has 2 atom stereocenters. The fourth-order valence-corrected chi connectivity index (χ4v) is 2.70. The number of piperazine rings is 1. The van der Waals surface area contributed by atoms with Gasteiger partial charge in [0.05, 0.1) is 6.04 Å². The van der Waals surface area contributed by atoms with Crippen LogP contribution in [0.2, 0.25) is 0 Å². The Morgan fingerprint density at radius 2 is 2.15 bits per heavy atom. The Labute approximate surface area is 84.6 Å². The monoisotopic (exact) mass is 200 g/mol. The average Bonchev–Trinajstić information content (AvgIpc) is 2.16. The SMILES string of the molecule is O=CC1CCCC2CN(S)CCN12. The summed E-state index contributed by atoms with van der Waals surface area (Å²) in [4.78, 5) is 13.2. The van der Waals surface area contributed by atoms with Gasteiger partial charge in [0.1, 0.15) is 6.29 Å². The fourth-order valence-electron chi connectivity index (χ4n) is 2.42. The van der Waals surface area contributed by atoms with Crippen LogP contribution in [0.25, 0.3) is 0 Å². The third-order valence-electron chi connectivity index (χ3n) is 3.13. The Balaban J connectivity index is 2.03. The number of carbonyl (C=O) groups is 1. The average molecular weight is 200 g/mol. The summed E-state index contributed by atoms with van der Waals surface area (Å²) in [5, 5.41) is 0. The van der Waals surface area contributed by atoms with E-state index in [0.29, 0.717) is 6.04 Å². The van der Waals surface area contributed by atoms with Gasteiger partial charge < -0.3 is 4.79 Å². The number of piperidine rings is 1. The lowest BCUT2D eigenvalue weighted by atomic mass is 9.95. The van der Waals surface area contributed by atoms with Crippen molar-refractivity contribution in [3.05, 3.63) is 0 Å². The van der Waals surface area contributed by atoms with E-state index >= 15 is 0 Å².